The second-order valence-electron chi connectivity index (χ2n) is 7.32. The number of guanidine groups is 1. The molecule has 1 rings (SSSR count). The Kier molecular flexibility index (Phi) is 12.2. The van der Waals surface area contributed by atoms with Gasteiger partial charge in [-0.15, -0.1) is 24.0 Å². The lowest BCUT2D eigenvalue weighted by molar-refractivity contribution is 0.0529. The summed E-state index contributed by atoms with van der Waals surface area (Å²) in [6.45, 7) is 12.7. The average molecular weight is 469 g/mol. The molecule has 0 saturated carbocycles. The molecule has 25 heavy (non-hydrogen) atoms. The number of aliphatic imine (C=N–C) groups is 1. The van der Waals surface area contributed by atoms with E-state index >= 15 is 0 Å². The highest BCUT2D eigenvalue weighted by Crippen LogP contribution is 2.15. The first kappa shape index (κ1) is 24.2. The molecule has 0 radical (unpaired) electrons. The molecule has 1 amide bonds. The molecule has 1 aliphatic rings. The van der Waals surface area contributed by atoms with E-state index < -0.39 is 11.7 Å². The zero-order valence-corrected chi connectivity index (χ0v) is 18.7. The summed E-state index contributed by atoms with van der Waals surface area (Å²) in [5, 5.41) is 9.22. The van der Waals surface area contributed by atoms with Crippen LogP contribution in [0.15, 0.2) is 4.99 Å². The van der Waals surface area contributed by atoms with Crippen molar-refractivity contribution in [1.29, 1.82) is 0 Å². The van der Waals surface area contributed by atoms with Crippen LogP contribution in [0.4, 0.5) is 4.79 Å². The van der Waals surface area contributed by atoms with Crippen molar-refractivity contribution >= 4 is 36.0 Å². The number of ether oxygens (including phenoxy) is 1. The summed E-state index contributed by atoms with van der Waals surface area (Å²) in [6.07, 6.45) is 2.02. The molecule has 0 aromatic rings. The lowest BCUT2D eigenvalue weighted by Gasteiger charge is -2.28. The summed E-state index contributed by atoms with van der Waals surface area (Å²) in [5.41, 5.74) is -0.470. The normalized spacial score (nSPS) is 16.8. The minimum Gasteiger partial charge on any atom is -0.444 e. The first-order valence-corrected chi connectivity index (χ1v) is 8.97. The first-order chi connectivity index (χ1) is 11.3. The molecule has 3 N–H and O–H groups in total. The summed E-state index contributed by atoms with van der Waals surface area (Å²) in [6, 6.07) is 0. The van der Waals surface area contributed by atoms with Crippen LogP contribution in [-0.4, -0.2) is 68.9 Å². The summed E-state index contributed by atoms with van der Waals surface area (Å²) >= 11 is 0. The molecule has 0 unspecified atom stereocenters. The van der Waals surface area contributed by atoms with Gasteiger partial charge in [-0.05, 0) is 66.6 Å². The van der Waals surface area contributed by atoms with E-state index in [0.717, 1.165) is 32.1 Å². The number of alkyl carbamates (subject to hydrolysis) is 1. The molecule has 0 bridgehead atoms. The number of rotatable bonds is 6. The fourth-order valence-corrected chi connectivity index (χ4v) is 2.47. The molecule has 1 fully saturated rings. The molecule has 0 aromatic heterocycles. The Morgan fingerprint density at radius 1 is 1.16 bits per heavy atom. The Hall–Kier alpha value is -0.770. The highest BCUT2D eigenvalue weighted by molar-refractivity contribution is 14.0. The van der Waals surface area contributed by atoms with Crippen molar-refractivity contribution in [3.05, 3.63) is 0 Å². The summed E-state index contributed by atoms with van der Waals surface area (Å²) in [4.78, 5) is 18.6. The van der Waals surface area contributed by atoms with Gasteiger partial charge in [-0.2, -0.15) is 0 Å². The summed E-state index contributed by atoms with van der Waals surface area (Å²) in [7, 11) is 2.17. The third-order valence-corrected chi connectivity index (χ3v) is 3.78. The minimum absolute atomic E-state index is 0. The summed E-state index contributed by atoms with van der Waals surface area (Å²) in [5.74, 6) is 1.47. The van der Waals surface area contributed by atoms with Gasteiger partial charge in [0.15, 0.2) is 5.96 Å². The van der Waals surface area contributed by atoms with Crippen LogP contribution < -0.4 is 16.0 Å². The van der Waals surface area contributed by atoms with Crippen molar-refractivity contribution in [2.75, 3.05) is 46.3 Å². The Morgan fingerprint density at radius 2 is 1.76 bits per heavy atom. The molecular weight excluding hydrogens is 433 g/mol. The fourth-order valence-electron chi connectivity index (χ4n) is 2.47. The Balaban J connectivity index is 0.00000576. The fraction of sp³-hybridized carbons (Fsp3) is 0.882. The van der Waals surface area contributed by atoms with Crippen LogP contribution in [0.2, 0.25) is 0 Å². The van der Waals surface area contributed by atoms with E-state index in [1.54, 1.807) is 0 Å². The highest BCUT2D eigenvalue weighted by Gasteiger charge is 2.17. The predicted octanol–water partition coefficient (Wildman–Crippen LogP) is 2.03. The number of nitrogens with zero attached hydrogens (tertiary/aromatic N) is 2. The maximum Gasteiger partial charge on any atom is 0.407 e. The Labute approximate surface area is 169 Å². The van der Waals surface area contributed by atoms with Gasteiger partial charge in [-0.3, -0.25) is 4.99 Å². The van der Waals surface area contributed by atoms with Crippen molar-refractivity contribution in [1.82, 2.24) is 20.9 Å². The molecule has 148 valence electrons. The maximum atomic E-state index is 11.6. The molecule has 1 aliphatic heterocycles. The number of halogens is 1. The number of carbonyl (C=O) groups excluding carboxylic acids is 1. The van der Waals surface area contributed by atoms with Gasteiger partial charge < -0.3 is 25.6 Å². The molecule has 1 saturated heterocycles. The molecule has 7 nitrogen and oxygen atoms in total. The van der Waals surface area contributed by atoms with E-state index in [1.165, 1.54) is 12.8 Å². The van der Waals surface area contributed by atoms with Crippen molar-refractivity contribution in [3.8, 4) is 0 Å². The molecule has 0 spiro atoms. The van der Waals surface area contributed by atoms with E-state index in [-0.39, 0.29) is 24.0 Å². The minimum atomic E-state index is -0.470. The number of amides is 1. The monoisotopic (exact) mass is 469 g/mol. The third kappa shape index (κ3) is 12.3. The zero-order chi connectivity index (χ0) is 18.0. The predicted molar refractivity (Wildman–Crippen MR) is 114 cm³/mol. The lowest BCUT2D eigenvalue weighted by Crippen LogP contribution is -2.42. The Morgan fingerprint density at radius 3 is 2.32 bits per heavy atom. The van der Waals surface area contributed by atoms with Crippen molar-refractivity contribution in [2.45, 2.75) is 46.1 Å². The number of hydrogen-bond donors (Lipinski definition) is 3. The van der Waals surface area contributed by atoms with Gasteiger partial charge in [0.1, 0.15) is 5.60 Å². The summed E-state index contributed by atoms with van der Waals surface area (Å²) < 4.78 is 5.20. The second-order valence-corrected chi connectivity index (χ2v) is 7.32. The van der Waals surface area contributed by atoms with Gasteiger partial charge >= 0.3 is 6.09 Å². The van der Waals surface area contributed by atoms with Crippen LogP contribution in [0.1, 0.15) is 40.5 Å². The van der Waals surface area contributed by atoms with Crippen molar-refractivity contribution < 1.29 is 9.53 Å². The number of nitrogens with one attached hydrogen (secondary N) is 3. The largest absolute Gasteiger partial charge is 0.444 e. The smallest absolute Gasteiger partial charge is 0.407 e. The van der Waals surface area contributed by atoms with E-state index in [2.05, 4.69) is 32.9 Å². The van der Waals surface area contributed by atoms with E-state index in [9.17, 15) is 4.79 Å². The van der Waals surface area contributed by atoms with Crippen molar-refractivity contribution in [3.63, 3.8) is 0 Å². The molecule has 0 aliphatic carbocycles. The van der Waals surface area contributed by atoms with Crippen LogP contribution in [0.25, 0.3) is 0 Å². The SMILES string of the molecule is CCNC(=NCC1CCN(C)CC1)NCCNC(=O)OC(C)(C)C.I. The molecule has 1 heterocycles. The molecule has 8 heteroatoms. The topological polar surface area (TPSA) is 78.0 Å². The third-order valence-electron chi connectivity index (χ3n) is 3.78. The number of piperidine rings is 1. The van der Waals surface area contributed by atoms with Crippen LogP contribution in [0, 0.1) is 5.92 Å². The zero-order valence-electron chi connectivity index (χ0n) is 16.4. The number of likely N-dealkylation sites (tertiary alicyclic amines) is 1. The van der Waals surface area contributed by atoms with E-state index in [1.807, 2.05) is 27.7 Å². The van der Waals surface area contributed by atoms with Gasteiger partial charge in [0.05, 0.1) is 0 Å². The maximum absolute atomic E-state index is 11.6. The molecular formula is C17H36IN5O2. The van der Waals surface area contributed by atoms with Crippen LogP contribution >= 0.6 is 24.0 Å². The lowest BCUT2D eigenvalue weighted by atomic mass is 9.97. The Bertz CT molecular complexity index is 404. The van der Waals surface area contributed by atoms with Gasteiger partial charge in [-0.1, -0.05) is 0 Å². The number of carbonyl (C=O) groups is 1. The van der Waals surface area contributed by atoms with Crippen molar-refractivity contribution in [2.24, 2.45) is 10.9 Å². The quantitative estimate of drug-likeness (QED) is 0.240. The molecule has 0 atom stereocenters. The van der Waals surface area contributed by atoms with E-state index in [4.69, 9.17) is 4.74 Å². The highest BCUT2D eigenvalue weighted by atomic mass is 127. The number of hydrogen-bond acceptors (Lipinski definition) is 4. The molecule has 0 aromatic carbocycles. The first-order valence-electron chi connectivity index (χ1n) is 8.97. The van der Waals surface area contributed by atoms with Gasteiger partial charge in [0.2, 0.25) is 0 Å². The van der Waals surface area contributed by atoms with Crippen LogP contribution in [0.3, 0.4) is 0 Å². The van der Waals surface area contributed by atoms with Crippen LogP contribution in [-0.2, 0) is 4.74 Å². The van der Waals surface area contributed by atoms with Crippen LogP contribution in [0.5, 0.6) is 0 Å². The van der Waals surface area contributed by atoms with Gasteiger partial charge in [0.25, 0.3) is 0 Å². The van der Waals surface area contributed by atoms with Gasteiger partial charge in [0, 0.05) is 26.2 Å². The van der Waals surface area contributed by atoms with E-state index in [0.29, 0.717) is 19.0 Å². The average Bonchev–Trinajstić information content (AvgIpc) is 2.49. The second kappa shape index (κ2) is 12.6. The standard InChI is InChI=1S/C17H35N5O2.HI/c1-6-18-15(21-13-14-7-11-22(5)12-8-14)19-9-10-20-16(23)24-17(2,3)4;/h14H,6-13H2,1-5H3,(H,20,23)(H2,18,19,21);1H. The van der Waals surface area contributed by atoms with Gasteiger partial charge in [-0.25, -0.2) is 4.79 Å².